The Hall–Kier alpha value is -1.80. The lowest BCUT2D eigenvalue weighted by atomic mass is 9.86. The highest BCUT2D eigenvalue weighted by Gasteiger charge is 2.15. The van der Waals surface area contributed by atoms with Crippen molar-refractivity contribution in [3.05, 3.63) is 64.7 Å². The third-order valence-corrected chi connectivity index (χ3v) is 3.93. The molecule has 21 heavy (non-hydrogen) atoms. The summed E-state index contributed by atoms with van der Waals surface area (Å²) < 4.78 is 5.38. The van der Waals surface area contributed by atoms with Gasteiger partial charge in [-0.3, -0.25) is 0 Å². The molecule has 0 bridgehead atoms. The number of nitrogens with two attached hydrogens (primary N) is 1. The molecular formula is C19H25NO. The summed E-state index contributed by atoms with van der Waals surface area (Å²) in [5.41, 5.74) is 11.2. The van der Waals surface area contributed by atoms with Gasteiger partial charge in [-0.15, -0.1) is 0 Å². The zero-order chi connectivity index (χ0) is 15.6. The highest BCUT2D eigenvalue weighted by molar-refractivity contribution is 5.41. The van der Waals surface area contributed by atoms with Crippen molar-refractivity contribution in [1.82, 2.24) is 0 Å². The number of methoxy groups -OCH3 is 1. The molecular weight excluding hydrogens is 258 g/mol. The van der Waals surface area contributed by atoms with Crippen LogP contribution in [0.2, 0.25) is 0 Å². The Labute approximate surface area is 127 Å². The van der Waals surface area contributed by atoms with Crippen LogP contribution in [0.4, 0.5) is 0 Å². The van der Waals surface area contributed by atoms with Crippen LogP contribution in [0.3, 0.4) is 0 Å². The maximum Gasteiger partial charge on any atom is 0.122 e. The molecule has 0 spiro atoms. The summed E-state index contributed by atoms with van der Waals surface area (Å²) in [5.74, 6) is 0.884. The van der Waals surface area contributed by atoms with Gasteiger partial charge in [0.05, 0.1) is 13.2 Å². The summed E-state index contributed by atoms with van der Waals surface area (Å²) in [6.07, 6.45) is 0. The first kappa shape index (κ1) is 15.6. The Morgan fingerprint density at radius 3 is 2.05 bits per heavy atom. The number of aryl methyl sites for hydroxylation is 1. The second kappa shape index (κ2) is 5.90. The minimum absolute atomic E-state index is 0.131. The summed E-state index contributed by atoms with van der Waals surface area (Å²) in [4.78, 5) is 0. The van der Waals surface area contributed by atoms with Crippen molar-refractivity contribution < 1.29 is 4.74 Å². The molecule has 0 saturated heterocycles. The van der Waals surface area contributed by atoms with Crippen molar-refractivity contribution in [1.29, 1.82) is 0 Å². The molecule has 0 amide bonds. The summed E-state index contributed by atoms with van der Waals surface area (Å²) in [5, 5.41) is 0. The molecule has 1 atom stereocenters. The topological polar surface area (TPSA) is 35.2 Å². The maximum atomic E-state index is 6.39. The zero-order valence-electron chi connectivity index (χ0n) is 13.6. The largest absolute Gasteiger partial charge is 0.496 e. The van der Waals surface area contributed by atoms with Crippen molar-refractivity contribution in [2.45, 2.75) is 39.2 Å². The summed E-state index contributed by atoms with van der Waals surface area (Å²) in [7, 11) is 1.69. The Balaban J connectivity index is 2.29. The highest BCUT2D eigenvalue weighted by atomic mass is 16.5. The molecule has 0 radical (unpaired) electrons. The van der Waals surface area contributed by atoms with Crippen LogP contribution in [0.15, 0.2) is 42.5 Å². The molecule has 0 aliphatic rings. The molecule has 0 heterocycles. The number of rotatable bonds is 3. The van der Waals surface area contributed by atoms with E-state index in [2.05, 4.69) is 57.2 Å². The monoisotopic (exact) mass is 283 g/mol. The van der Waals surface area contributed by atoms with Gasteiger partial charge in [0, 0.05) is 0 Å². The van der Waals surface area contributed by atoms with E-state index in [9.17, 15) is 0 Å². The fraction of sp³-hybridized carbons (Fsp3) is 0.368. The third kappa shape index (κ3) is 3.45. The Kier molecular flexibility index (Phi) is 4.38. The summed E-state index contributed by atoms with van der Waals surface area (Å²) in [6.45, 7) is 8.68. The molecule has 2 aromatic rings. The minimum atomic E-state index is -0.131. The van der Waals surface area contributed by atoms with E-state index in [1.165, 1.54) is 5.56 Å². The number of hydrogen-bond acceptors (Lipinski definition) is 2. The van der Waals surface area contributed by atoms with Gasteiger partial charge in [-0.25, -0.2) is 0 Å². The SMILES string of the molecule is COc1cc(C(N)c2ccc(C(C)(C)C)cc2)ccc1C. The van der Waals surface area contributed by atoms with E-state index in [1.807, 2.05) is 13.0 Å². The van der Waals surface area contributed by atoms with E-state index in [1.54, 1.807) is 7.11 Å². The maximum absolute atomic E-state index is 6.39. The molecule has 0 fully saturated rings. The second-order valence-corrected chi connectivity index (χ2v) is 6.58. The van der Waals surface area contributed by atoms with Crippen LogP contribution < -0.4 is 10.5 Å². The van der Waals surface area contributed by atoms with Crippen LogP contribution in [0.5, 0.6) is 5.75 Å². The van der Waals surface area contributed by atoms with Gasteiger partial charge in [-0.1, -0.05) is 57.2 Å². The van der Waals surface area contributed by atoms with Crippen LogP contribution in [0.1, 0.15) is 49.1 Å². The Morgan fingerprint density at radius 1 is 0.952 bits per heavy atom. The van der Waals surface area contributed by atoms with Crippen molar-refractivity contribution in [2.75, 3.05) is 7.11 Å². The number of hydrogen-bond donors (Lipinski definition) is 1. The molecule has 2 aromatic carbocycles. The molecule has 2 nitrogen and oxygen atoms in total. The predicted molar refractivity (Wildman–Crippen MR) is 88.9 cm³/mol. The van der Waals surface area contributed by atoms with E-state index in [-0.39, 0.29) is 11.5 Å². The smallest absolute Gasteiger partial charge is 0.122 e. The van der Waals surface area contributed by atoms with Crippen LogP contribution in [-0.4, -0.2) is 7.11 Å². The van der Waals surface area contributed by atoms with Crippen molar-refractivity contribution in [3.8, 4) is 5.75 Å². The van der Waals surface area contributed by atoms with Crippen molar-refractivity contribution in [2.24, 2.45) is 5.73 Å². The lowest BCUT2D eigenvalue weighted by Crippen LogP contribution is -2.14. The zero-order valence-corrected chi connectivity index (χ0v) is 13.6. The van der Waals surface area contributed by atoms with Gasteiger partial charge in [-0.05, 0) is 40.7 Å². The highest BCUT2D eigenvalue weighted by Crippen LogP contribution is 2.28. The van der Waals surface area contributed by atoms with Gasteiger partial charge < -0.3 is 10.5 Å². The molecule has 2 heteroatoms. The minimum Gasteiger partial charge on any atom is -0.496 e. The number of ether oxygens (including phenoxy) is 1. The van der Waals surface area contributed by atoms with E-state index < -0.39 is 0 Å². The van der Waals surface area contributed by atoms with E-state index in [4.69, 9.17) is 10.5 Å². The average molecular weight is 283 g/mol. The van der Waals surface area contributed by atoms with Gasteiger partial charge in [0.1, 0.15) is 5.75 Å². The standard InChI is InChI=1S/C19H25NO/c1-13-6-7-15(12-17(13)21-5)18(20)14-8-10-16(11-9-14)19(2,3)4/h6-12,18H,20H2,1-5H3. The fourth-order valence-electron chi connectivity index (χ4n) is 2.41. The van der Waals surface area contributed by atoms with Crippen LogP contribution in [0, 0.1) is 6.92 Å². The van der Waals surface area contributed by atoms with Gasteiger partial charge in [0.2, 0.25) is 0 Å². The lowest BCUT2D eigenvalue weighted by Gasteiger charge is -2.20. The number of benzene rings is 2. The van der Waals surface area contributed by atoms with E-state index in [0.29, 0.717) is 0 Å². The second-order valence-electron chi connectivity index (χ2n) is 6.58. The van der Waals surface area contributed by atoms with E-state index in [0.717, 1.165) is 22.4 Å². The summed E-state index contributed by atoms with van der Waals surface area (Å²) in [6, 6.07) is 14.6. The first-order chi connectivity index (χ1) is 9.82. The molecule has 0 aromatic heterocycles. The van der Waals surface area contributed by atoms with Crippen LogP contribution >= 0.6 is 0 Å². The lowest BCUT2D eigenvalue weighted by molar-refractivity contribution is 0.411. The predicted octanol–water partition coefficient (Wildman–Crippen LogP) is 4.35. The normalized spacial score (nSPS) is 13.0. The molecule has 0 aliphatic carbocycles. The molecule has 0 aliphatic heterocycles. The van der Waals surface area contributed by atoms with E-state index >= 15 is 0 Å². The van der Waals surface area contributed by atoms with Crippen molar-refractivity contribution in [3.63, 3.8) is 0 Å². The van der Waals surface area contributed by atoms with Gasteiger partial charge in [0.15, 0.2) is 0 Å². The molecule has 1 unspecified atom stereocenters. The van der Waals surface area contributed by atoms with Gasteiger partial charge in [0.25, 0.3) is 0 Å². The molecule has 112 valence electrons. The molecule has 0 saturated carbocycles. The van der Waals surface area contributed by atoms with Crippen LogP contribution in [0.25, 0.3) is 0 Å². The quantitative estimate of drug-likeness (QED) is 0.909. The fourth-order valence-corrected chi connectivity index (χ4v) is 2.41. The van der Waals surface area contributed by atoms with Gasteiger partial charge in [-0.2, -0.15) is 0 Å². The summed E-state index contributed by atoms with van der Waals surface area (Å²) >= 11 is 0. The Bertz CT molecular complexity index is 608. The van der Waals surface area contributed by atoms with Crippen molar-refractivity contribution >= 4 is 0 Å². The van der Waals surface area contributed by atoms with Crippen LogP contribution in [-0.2, 0) is 5.41 Å². The first-order valence-corrected chi connectivity index (χ1v) is 7.33. The first-order valence-electron chi connectivity index (χ1n) is 7.33. The third-order valence-electron chi connectivity index (χ3n) is 3.93. The molecule has 2 N–H and O–H groups in total. The Morgan fingerprint density at radius 2 is 1.52 bits per heavy atom. The average Bonchev–Trinajstić information content (AvgIpc) is 2.46. The molecule has 2 rings (SSSR count). The van der Waals surface area contributed by atoms with Gasteiger partial charge >= 0.3 is 0 Å².